The van der Waals surface area contributed by atoms with Crippen LogP contribution in [0.3, 0.4) is 0 Å². The largest absolute Gasteiger partial charge is 0.312 e. The quantitative estimate of drug-likeness (QED) is 0.573. The summed E-state index contributed by atoms with van der Waals surface area (Å²) < 4.78 is 0. The zero-order valence-electron chi connectivity index (χ0n) is 14.0. The maximum absolute atomic E-state index is 3.68. The summed E-state index contributed by atoms with van der Waals surface area (Å²) in [5.41, 5.74) is 0.661. The zero-order valence-corrected chi connectivity index (χ0v) is 14.0. The first-order valence-corrected chi connectivity index (χ1v) is 7.92. The first-order valence-electron chi connectivity index (χ1n) is 7.92. The summed E-state index contributed by atoms with van der Waals surface area (Å²) in [5.74, 6) is 0.790. The van der Waals surface area contributed by atoms with Gasteiger partial charge in [0.25, 0.3) is 0 Å². The number of hydrogen-bond acceptors (Lipinski definition) is 1. The molecule has 18 heavy (non-hydrogen) atoms. The highest BCUT2D eigenvalue weighted by molar-refractivity contribution is 4.80. The molecule has 0 rings (SSSR count). The van der Waals surface area contributed by atoms with E-state index in [1.165, 1.54) is 38.5 Å². The summed E-state index contributed by atoms with van der Waals surface area (Å²) in [7, 11) is 0. The molecule has 0 aliphatic rings. The van der Waals surface area contributed by atoms with Gasteiger partial charge in [0.2, 0.25) is 0 Å². The van der Waals surface area contributed by atoms with E-state index in [1.807, 2.05) is 0 Å². The smallest absolute Gasteiger partial charge is 0.00966 e. The van der Waals surface area contributed by atoms with Crippen LogP contribution in [-0.2, 0) is 0 Å². The minimum Gasteiger partial charge on any atom is -0.312 e. The van der Waals surface area contributed by atoms with Crippen molar-refractivity contribution in [2.45, 2.75) is 92.5 Å². The topological polar surface area (TPSA) is 12.0 Å². The van der Waals surface area contributed by atoms with Crippen LogP contribution in [0.15, 0.2) is 0 Å². The van der Waals surface area contributed by atoms with Gasteiger partial charge in [0.1, 0.15) is 0 Å². The lowest BCUT2D eigenvalue weighted by Gasteiger charge is -2.34. The predicted octanol–water partition coefficient (Wildman–Crippen LogP) is 5.40. The summed E-state index contributed by atoms with van der Waals surface area (Å²) in [4.78, 5) is 0. The van der Waals surface area contributed by atoms with Crippen molar-refractivity contribution in [3.05, 3.63) is 0 Å². The molecule has 0 aromatic rings. The molecule has 1 unspecified atom stereocenters. The monoisotopic (exact) mass is 255 g/mol. The summed E-state index contributed by atoms with van der Waals surface area (Å²) >= 11 is 0. The van der Waals surface area contributed by atoms with Crippen molar-refractivity contribution in [3.8, 4) is 0 Å². The third-order valence-corrected chi connectivity index (χ3v) is 3.76. The Kier molecular flexibility index (Phi) is 8.18. The van der Waals surface area contributed by atoms with Gasteiger partial charge in [0.05, 0.1) is 0 Å². The van der Waals surface area contributed by atoms with E-state index in [1.54, 1.807) is 0 Å². The van der Waals surface area contributed by atoms with Crippen molar-refractivity contribution in [1.29, 1.82) is 0 Å². The Hall–Kier alpha value is -0.0400. The van der Waals surface area contributed by atoms with Crippen molar-refractivity contribution in [1.82, 2.24) is 5.32 Å². The van der Waals surface area contributed by atoms with E-state index in [9.17, 15) is 0 Å². The van der Waals surface area contributed by atoms with E-state index in [-0.39, 0.29) is 5.54 Å². The number of unbranched alkanes of at least 4 members (excludes halogenated alkanes) is 4. The van der Waals surface area contributed by atoms with E-state index < -0.39 is 0 Å². The maximum Gasteiger partial charge on any atom is 0.00966 e. The summed E-state index contributed by atoms with van der Waals surface area (Å²) in [6.07, 6.45) is 8.34. The Morgan fingerprint density at radius 3 is 1.83 bits per heavy atom. The molecule has 0 radical (unpaired) electrons. The van der Waals surface area contributed by atoms with Crippen molar-refractivity contribution in [3.63, 3.8) is 0 Å². The van der Waals surface area contributed by atoms with Gasteiger partial charge >= 0.3 is 0 Å². The second-order valence-corrected chi connectivity index (χ2v) is 7.90. The molecule has 0 amide bonds. The normalized spacial score (nSPS) is 14.8. The van der Waals surface area contributed by atoms with Gasteiger partial charge < -0.3 is 5.32 Å². The van der Waals surface area contributed by atoms with Crippen LogP contribution in [0.2, 0.25) is 0 Å². The number of rotatable bonds is 8. The van der Waals surface area contributed by atoms with E-state index in [4.69, 9.17) is 0 Å². The van der Waals surface area contributed by atoms with E-state index >= 15 is 0 Å². The molecule has 0 spiro atoms. The third-order valence-electron chi connectivity index (χ3n) is 3.76. The molecule has 1 atom stereocenters. The van der Waals surface area contributed by atoms with Crippen LogP contribution in [0.25, 0.3) is 0 Å². The maximum atomic E-state index is 3.68. The lowest BCUT2D eigenvalue weighted by Crippen LogP contribution is -2.42. The van der Waals surface area contributed by atoms with Crippen molar-refractivity contribution in [2.24, 2.45) is 11.3 Å². The standard InChI is InChI=1S/C17H37N/c1-8-9-10-11-12-13-15(16(2,3)4)14-18-17(5,6)7/h15,18H,8-14H2,1-7H3. The van der Waals surface area contributed by atoms with Gasteiger partial charge in [0.15, 0.2) is 0 Å². The molecular weight excluding hydrogens is 218 g/mol. The van der Waals surface area contributed by atoms with Crippen molar-refractivity contribution < 1.29 is 0 Å². The second kappa shape index (κ2) is 8.19. The van der Waals surface area contributed by atoms with Crippen LogP contribution in [0.5, 0.6) is 0 Å². The minimum absolute atomic E-state index is 0.242. The summed E-state index contributed by atoms with van der Waals surface area (Å²) in [5, 5.41) is 3.68. The lowest BCUT2D eigenvalue weighted by molar-refractivity contribution is 0.198. The zero-order chi connectivity index (χ0) is 14.2. The second-order valence-electron chi connectivity index (χ2n) is 7.90. The van der Waals surface area contributed by atoms with Crippen LogP contribution in [0.4, 0.5) is 0 Å². The van der Waals surface area contributed by atoms with E-state index in [0.29, 0.717) is 5.41 Å². The molecule has 0 heterocycles. The fraction of sp³-hybridized carbons (Fsp3) is 1.00. The Bertz CT molecular complexity index is 195. The molecule has 0 aliphatic heterocycles. The molecule has 1 heteroatoms. The molecule has 0 fully saturated rings. The first kappa shape index (κ1) is 18.0. The Morgan fingerprint density at radius 1 is 0.833 bits per heavy atom. The highest BCUT2D eigenvalue weighted by atomic mass is 14.9. The highest BCUT2D eigenvalue weighted by Crippen LogP contribution is 2.30. The molecule has 0 aromatic heterocycles. The Morgan fingerprint density at radius 2 is 1.39 bits per heavy atom. The van der Waals surface area contributed by atoms with Gasteiger partial charge in [-0.25, -0.2) is 0 Å². The molecule has 1 N–H and O–H groups in total. The van der Waals surface area contributed by atoms with Crippen LogP contribution in [0, 0.1) is 11.3 Å². The van der Waals surface area contributed by atoms with Crippen molar-refractivity contribution in [2.75, 3.05) is 6.54 Å². The van der Waals surface area contributed by atoms with Gasteiger partial charge in [0, 0.05) is 5.54 Å². The fourth-order valence-corrected chi connectivity index (χ4v) is 2.26. The Labute approximate surface area is 116 Å². The fourth-order valence-electron chi connectivity index (χ4n) is 2.26. The van der Waals surface area contributed by atoms with Gasteiger partial charge in [-0.3, -0.25) is 0 Å². The van der Waals surface area contributed by atoms with E-state index in [2.05, 4.69) is 53.8 Å². The predicted molar refractivity (Wildman–Crippen MR) is 84.1 cm³/mol. The molecule has 0 saturated heterocycles. The van der Waals surface area contributed by atoms with Crippen LogP contribution >= 0.6 is 0 Å². The molecule has 1 nitrogen and oxygen atoms in total. The average Bonchev–Trinajstić information content (AvgIpc) is 2.18. The highest BCUT2D eigenvalue weighted by Gasteiger charge is 2.25. The summed E-state index contributed by atoms with van der Waals surface area (Å²) in [6.45, 7) is 17.4. The Balaban J connectivity index is 4.02. The summed E-state index contributed by atoms with van der Waals surface area (Å²) in [6, 6.07) is 0. The van der Waals surface area contributed by atoms with Crippen molar-refractivity contribution >= 4 is 0 Å². The lowest BCUT2D eigenvalue weighted by atomic mass is 9.77. The molecular formula is C17H37N. The molecule has 0 aromatic carbocycles. The van der Waals surface area contributed by atoms with Crippen LogP contribution < -0.4 is 5.32 Å². The molecule has 0 aliphatic carbocycles. The number of hydrogen-bond donors (Lipinski definition) is 1. The average molecular weight is 255 g/mol. The van der Waals surface area contributed by atoms with Gasteiger partial charge in [-0.05, 0) is 45.1 Å². The van der Waals surface area contributed by atoms with Gasteiger partial charge in [-0.2, -0.15) is 0 Å². The van der Waals surface area contributed by atoms with Crippen LogP contribution in [-0.4, -0.2) is 12.1 Å². The third kappa shape index (κ3) is 9.94. The minimum atomic E-state index is 0.242. The molecule has 0 saturated carbocycles. The van der Waals surface area contributed by atoms with E-state index in [0.717, 1.165) is 12.5 Å². The first-order chi connectivity index (χ1) is 8.17. The van der Waals surface area contributed by atoms with Crippen LogP contribution in [0.1, 0.15) is 87.0 Å². The molecule has 0 bridgehead atoms. The van der Waals surface area contributed by atoms with Gasteiger partial charge in [-0.15, -0.1) is 0 Å². The van der Waals surface area contributed by atoms with Gasteiger partial charge in [-0.1, -0.05) is 59.8 Å². The number of nitrogens with one attached hydrogen (secondary N) is 1. The SMILES string of the molecule is CCCCCCCC(CNC(C)(C)C)C(C)(C)C. The molecule has 110 valence electrons.